The van der Waals surface area contributed by atoms with Gasteiger partial charge >= 0.3 is 0 Å². The third-order valence-corrected chi connectivity index (χ3v) is 4.52. The molecule has 0 atom stereocenters. The van der Waals surface area contributed by atoms with Crippen molar-refractivity contribution in [3.05, 3.63) is 18.2 Å². The number of carbonyl (C=O) groups excluding carboxylic acids is 2. The number of anilines is 2. The van der Waals surface area contributed by atoms with Gasteiger partial charge in [0.1, 0.15) is 11.4 Å². The number of fused-ring (bicyclic) bond motifs is 1. The van der Waals surface area contributed by atoms with Crippen LogP contribution in [-0.2, 0) is 14.3 Å². The molecule has 3 rings (SSSR count). The smallest absolute Gasteiger partial charge is 0.264 e. The highest BCUT2D eigenvalue weighted by Gasteiger charge is 2.39. The van der Waals surface area contributed by atoms with Gasteiger partial charge in [-0.1, -0.05) is 0 Å². The van der Waals surface area contributed by atoms with Gasteiger partial charge in [0.2, 0.25) is 0 Å². The molecule has 2 aliphatic heterocycles. The second-order valence-electron chi connectivity index (χ2n) is 5.83. The Bertz CT molecular complexity index is 632. The fraction of sp³-hybridized carbons (Fsp3) is 0.500. The van der Waals surface area contributed by atoms with Crippen LogP contribution in [-0.4, -0.2) is 51.3 Å². The number of hydrogen-bond donors (Lipinski definition) is 2. The summed E-state index contributed by atoms with van der Waals surface area (Å²) >= 11 is 0. The maximum atomic E-state index is 12.7. The van der Waals surface area contributed by atoms with Crippen LogP contribution >= 0.6 is 12.4 Å². The second-order valence-corrected chi connectivity index (χ2v) is 5.83. The number of nitrogens with zero attached hydrogens (tertiary/aromatic N) is 1. The topological polar surface area (TPSA) is 79.9 Å². The Balaban J connectivity index is 0.00000208. The monoisotopic (exact) mass is 355 g/mol. The zero-order chi connectivity index (χ0) is 16.4. The Hall–Kier alpha value is -1.83. The van der Waals surface area contributed by atoms with Crippen molar-refractivity contribution in [2.75, 3.05) is 44.1 Å². The molecule has 2 N–H and O–H groups in total. The second kappa shape index (κ2) is 7.38. The van der Waals surface area contributed by atoms with E-state index in [1.165, 1.54) is 4.90 Å². The number of rotatable bonds is 3. The molecule has 0 bridgehead atoms. The summed E-state index contributed by atoms with van der Waals surface area (Å²) in [5.41, 5.74) is 0.462. The summed E-state index contributed by atoms with van der Waals surface area (Å²) < 4.78 is 10.9. The lowest BCUT2D eigenvalue weighted by Gasteiger charge is -2.35. The third kappa shape index (κ3) is 3.33. The van der Waals surface area contributed by atoms with Crippen molar-refractivity contribution in [2.24, 2.45) is 0 Å². The van der Waals surface area contributed by atoms with Crippen molar-refractivity contribution in [3.63, 3.8) is 0 Å². The average Bonchev–Trinajstić information content (AvgIpc) is 2.59. The molecule has 2 heterocycles. The molecule has 1 aromatic carbocycles. The molecule has 0 spiro atoms. The van der Waals surface area contributed by atoms with Crippen molar-refractivity contribution in [2.45, 2.75) is 18.4 Å². The minimum atomic E-state index is -0.806. The molecule has 1 aromatic rings. The fourth-order valence-corrected chi connectivity index (χ4v) is 2.95. The molecule has 2 amide bonds. The van der Waals surface area contributed by atoms with E-state index in [4.69, 9.17) is 9.47 Å². The number of amides is 2. The SMILES string of the molecule is COC1(C(=O)Nc2ccc3c(c2)N(C)C(=O)CO3)CCNCC1.Cl. The molecule has 0 saturated carbocycles. The van der Waals surface area contributed by atoms with E-state index in [1.54, 1.807) is 32.4 Å². The van der Waals surface area contributed by atoms with Gasteiger partial charge in [-0.3, -0.25) is 9.59 Å². The van der Waals surface area contributed by atoms with Gasteiger partial charge in [-0.15, -0.1) is 12.4 Å². The Labute approximate surface area is 147 Å². The summed E-state index contributed by atoms with van der Waals surface area (Å²) in [5, 5.41) is 6.13. The largest absolute Gasteiger partial charge is 0.482 e. The highest BCUT2D eigenvalue weighted by atomic mass is 35.5. The summed E-state index contributed by atoms with van der Waals surface area (Å²) in [5.74, 6) is 0.355. The van der Waals surface area contributed by atoms with E-state index in [2.05, 4.69) is 10.6 Å². The van der Waals surface area contributed by atoms with Gasteiger partial charge in [-0.25, -0.2) is 0 Å². The first-order valence-corrected chi connectivity index (χ1v) is 7.66. The van der Waals surface area contributed by atoms with Gasteiger partial charge in [0.05, 0.1) is 5.69 Å². The van der Waals surface area contributed by atoms with Crippen molar-refractivity contribution in [3.8, 4) is 5.75 Å². The molecule has 1 fully saturated rings. The molecule has 1 saturated heterocycles. The first kappa shape index (κ1) is 18.5. The van der Waals surface area contributed by atoms with Crippen LogP contribution in [0.3, 0.4) is 0 Å². The summed E-state index contributed by atoms with van der Waals surface area (Å²) in [4.78, 5) is 25.9. The van der Waals surface area contributed by atoms with Crippen LogP contribution in [0.1, 0.15) is 12.8 Å². The Kier molecular flexibility index (Phi) is 5.69. The maximum Gasteiger partial charge on any atom is 0.264 e. The molecule has 24 heavy (non-hydrogen) atoms. The maximum absolute atomic E-state index is 12.7. The first-order valence-electron chi connectivity index (χ1n) is 7.66. The molecule has 132 valence electrons. The van der Waals surface area contributed by atoms with E-state index in [9.17, 15) is 9.59 Å². The minimum absolute atomic E-state index is 0. The van der Waals surface area contributed by atoms with Crippen molar-refractivity contribution < 1.29 is 19.1 Å². The fourth-order valence-electron chi connectivity index (χ4n) is 2.95. The van der Waals surface area contributed by atoms with Gasteiger partial charge in [-0.05, 0) is 44.1 Å². The van der Waals surface area contributed by atoms with Crippen LogP contribution in [0.25, 0.3) is 0 Å². The quantitative estimate of drug-likeness (QED) is 0.850. The molecule has 0 aromatic heterocycles. The highest BCUT2D eigenvalue weighted by Crippen LogP contribution is 2.34. The van der Waals surface area contributed by atoms with Crippen molar-refractivity contribution in [1.29, 1.82) is 0 Å². The predicted molar refractivity (Wildman–Crippen MR) is 93.1 cm³/mol. The molecule has 0 unspecified atom stereocenters. The summed E-state index contributed by atoms with van der Waals surface area (Å²) in [6.45, 7) is 1.53. The number of methoxy groups -OCH3 is 1. The molecule has 0 radical (unpaired) electrons. The van der Waals surface area contributed by atoms with E-state index >= 15 is 0 Å². The van der Waals surface area contributed by atoms with E-state index in [-0.39, 0.29) is 30.8 Å². The Morgan fingerprint density at radius 2 is 2.08 bits per heavy atom. The summed E-state index contributed by atoms with van der Waals surface area (Å²) in [6.07, 6.45) is 1.25. The van der Waals surface area contributed by atoms with Crippen molar-refractivity contribution >= 4 is 35.6 Å². The number of ether oxygens (including phenoxy) is 2. The van der Waals surface area contributed by atoms with Crippen LogP contribution in [0.15, 0.2) is 18.2 Å². The van der Waals surface area contributed by atoms with E-state index in [0.717, 1.165) is 13.1 Å². The van der Waals surface area contributed by atoms with E-state index in [0.29, 0.717) is 30.0 Å². The van der Waals surface area contributed by atoms with E-state index in [1.807, 2.05) is 0 Å². The zero-order valence-corrected chi connectivity index (χ0v) is 14.6. The Morgan fingerprint density at radius 3 is 2.75 bits per heavy atom. The number of hydrogen-bond acceptors (Lipinski definition) is 5. The molecule has 7 nitrogen and oxygen atoms in total. The van der Waals surface area contributed by atoms with Crippen molar-refractivity contribution in [1.82, 2.24) is 5.32 Å². The predicted octanol–water partition coefficient (Wildman–Crippen LogP) is 1.17. The lowest BCUT2D eigenvalue weighted by atomic mass is 9.91. The lowest BCUT2D eigenvalue weighted by molar-refractivity contribution is -0.140. The number of likely N-dealkylation sites (N-methyl/N-ethyl adjacent to an activating group) is 1. The van der Waals surface area contributed by atoms with Gasteiger partial charge < -0.3 is 25.0 Å². The van der Waals surface area contributed by atoms with Crippen LogP contribution < -0.4 is 20.3 Å². The number of halogens is 1. The van der Waals surface area contributed by atoms with Crippen LogP contribution in [0, 0.1) is 0 Å². The van der Waals surface area contributed by atoms with Gasteiger partial charge in [0.15, 0.2) is 6.61 Å². The molecule has 2 aliphatic rings. The number of benzene rings is 1. The van der Waals surface area contributed by atoms with E-state index < -0.39 is 5.60 Å². The van der Waals surface area contributed by atoms with Gasteiger partial charge in [-0.2, -0.15) is 0 Å². The van der Waals surface area contributed by atoms with Crippen LogP contribution in [0.2, 0.25) is 0 Å². The molecule has 0 aliphatic carbocycles. The average molecular weight is 356 g/mol. The summed E-state index contributed by atoms with van der Waals surface area (Å²) in [7, 11) is 3.26. The standard InChI is InChI=1S/C16H21N3O4.ClH/c1-19-12-9-11(3-4-13(12)23-10-14(19)20)18-15(21)16(22-2)5-7-17-8-6-16;/h3-4,9,17H,5-8,10H2,1-2H3,(H,18,21);1H. The third-order valence-electron chi connectivity index (χ3n) is 4.52. The zero-order valence-electron chi connectivity index (χ0n) is 13.8. The minimum Gasteiger partial charge on any atom is -0.482 e. The highest BCUT2D eigenvalue weighted by molar-refractivity contribution is 6.00. The lowest BCUT2D eigenvalue weighted by Crippen LogP contribution is -2.51. The molecular formula is C16H22ClN3O4. The normalized spacial score (nSPS) is 18.9. The molecular weight excluding hydrogens is 334 g/mol. The number of carbonyl (C=O) groups is 2. The van der Waals surface area contributed by atoms with Crippen LogP contribution in [0.5, 0.6) is 5.75 Å². The number of nitrogens with one attached hydrogen (secondary N) is 2. The first-order chi connectivity index (χ1) is 11.1. The summed E-state index contributed by atoms with van der Waals surface area (Å²) in [6, 6.07) is 5.27. The Morgan fingerprint density at radius 1 is 1.38 bits per heavy atom. The van der Waals surface area contributed by atoms with Gasteiger partial charge in [0.25, 0.3) is 11.8 Å². The molecule has 8 heteroatoms. The van der Waals surface area contributed by atoms with Gasteiger partial charge in [0, 0.05) is 19.8 Å². The van der Waals surface area contributed by atoms with Crippen LogP contribution in [0.4, 0.5) is 11.4 Å². The number of piperidine rings is 1.